The van der Waals surface area contributed by atoms with E-state index in [0.717, 1.165) is 11.3 Å². The Kier molecular flexibility index (Phi) is 5.59. The Labute approximate surface area is 205 Å². The normalized spacial score (nSPS) is 29.8. The van der Waals surface area contributed by atoms with Crippen molar-refractivity contribution in [1.82, 2.24) is 10.3 Å². The van der Waals surface area contributed by atoms with Gasteiger partial charge in [-0.25, -0.2) is 4.98 Å². The molecule has 5 atom stereocenters. The first-order valence-electron chi connectivity index (χ1n) is 11.6. The summed E-state index contributed by atoms with van der Waals surface area (Å²) in [6.45, 7) is -0.340. The number of aliphatic hydroxyl groups is 5. The fourth-order valence-corrected chi connectivity index (χ4v) is 6.08. The summed E-state index contributed by atoms with van der Waals surface area (Å²) in [5.74, 6) is -4.82. The van der Waals surface area contributed by atoms with Gasteiger partial charge in [-0.15, -0.1) is 0 Å². The van der Waals surface area contributed by atoms with Crippen LogP contribution in [-0.2, 0) is 16.0 Å². The van der Waals surface area contributed by atoms with E-state index in [1.165, 1.54) is 6.39 Å². The van der Waals surface area contributed by atoms with E-state index in [-0.39, 0.29) is 36.3 Å². The molecule has 36 heavy (non-hydrogen) atoms. The highest BCUT2D eigenvalue weighted by atomic mass is 16.4. The van der Waals surface area contributed by atoms with Crippen LogP contribution in [0.2, 0.25) is 0 Å². The number of aromatic nitrogens is 1. The fourth-order valence-electron chi connectivity index (χ4n) is 6.08. The van der Waals surface area contributed by atoms with Crippen LogP contribution < -0.4 is 16.0 Å². The molecule has 1 aromatic carbocycles. The topological polar surface area (TPSA) is 203 Å². The summed E-state index contributed by atoms with van der Waals surface area (Å²) in [7, 11) is 3.67. The first-order chi connectivity index (χ1) is 17.0. The number of nitrogens with two attached hydrogens (primary N) is 1. The van der Waals surface area contributed by atoms with E-state index < -0.39 is 58.4 Å². The molecule has 1 unspecified atom stereocenters. The van der Waals surface area contributed by atoms with Gasteiger partial charge in [0, 0.05) is 37.8 Å². The SMILES string of the molecule is CN(C)c1cc2ncoc2c2c1C[C@H]1C[C@H]3[C@@H](NCCO)C(O)=C(C(N)=O)C(O)[C@@]3(O)C(=O)C1=C2O. The van der Waals surface area contributed by atoms with Crippen LogP contribution in [0.3, 0.4) is 0 Å². The molecule has 1 fully saturated rings. The average molecular weight is 501 g/mol. The Morgan fingerprint density at radius 3 is 2.72 bits per heavy atom. The molecule has 2 aromatic rings. The van der Waals surface area contributed by atoms with Crippen LogP contribution in [0.15, 0.2) is 33.8 Å². The number of carbonyl (C=O) groups is 2. The minimum Gasteiger partial charge on any atom is -0.510 e. The molecule has 0 aliphatic heterocycles. The molecular weight excluding hydrogens is 472 g/mol. The molecule has 0 radical (unpaired) electrons. The number of aliphatic hydroxyl groups excluding tert-OH is 4. The maximum atomic E-state index is 13.9. The molecule has 12 nitrogen and oxygen atoms in total. The number of hydrogen-bond acceptors (Lipinski definition) is 11. The van der Waals surface area contributed by atoms with Gasteiger partial charge in [0.15, 0.2) is 23.4 Å². The van der Waals surface area contributed by atoms with Crippen LogP contribution in [0.25, 0.3) is 16.9 Å². The third-order valence-corrected chi connectivity index (χ3v) is 7.66. The van der Waals surface area contributed by atoms with Gasteiger partial charge in [0.25, 0.3) is 5.91 Å². The standard InChI is InChI=1S/C24H28N4O8/c1-28(2)13-7-12-20(36-8-27-12)15-10(13)5-9-6-11-17(26-3-4-29)19(31)16(23(25)34)22(33)24(11,35)21(32)14(9)18(15)30/h7-9,11,17,22,26,29-31,33,35H,3-6H2,1-2H3,(H2,25,34)/t9-,11-,17+,22?,24-/m0/s1. The number of Topliss-reactive ketones (excluding diaryl/α,β-unsaturated/α-hetero) is 1. The first-order valence-corrected chi connectivity index (χ1v) is 11.6. The van der Waals surface area contributed by atoms with E-state index in [9.17, 15) is 35.1 Å². The maximum Gasteiger partial charge on any atom is 0.250 e. The summed E-state index contributed by atoms with van der Waals surface area (Å²) in [5.41, 5.74) is 4.54. The van der Waals surface area contributed by atoms with Gasteiger partial charge in [0.1, 0.15) is 23.1 Å². The Morgan fingerprint density at radius 1 is 1.36 bits per heavy atom. The minimum atomic E-state index is -2.57. The van der Waals surface area contributed by atoms with Gasteiger partial charge in [-0.3, -0.25) is 9.59 Å². The predicted molar refractivity (Wildman–Crippen MR) is 127 cm³/mol. The van der Waals surface area contributed by atoms with E-state index >= 15 is 0 Å². The minimum absolute atomic E-state index is 0.0205. The number of oxazole rings is 1. The van der Waals surface area contributed by atoms with E-state index in [1.807, 2.05) is 25.1 Å². The van der Waals surface area contributed by atoms with Crippen LogP contribution in [-0.4, -0.2) is 87.2 Å². The Hall–Kier alpha value is -3.45. The summed E-state index contributed by atoms with van der Waals surface area (Å²) >= 11 is 0. The summed E-state index contributed by atoms with van der Waals surface area (Å²) in [5, 5.41) is 57.1. The molecule has 0 bridgehead atoms. The molecule has 1 heterocycles. The first kappa shape index (κ1) is 24.3. The van der Waals surface area contributed by atoms with Crippen molar-refractivity contribution >= 4 is 34.2 Å². The van der Waals surface area contributed by atoms with E-state index in [0.29, 0.717) is 11.9 Å². The summed E-state index contributed by atoms with van der Waals surface area (Å²) in [4.78, 5) is 32.1. The lowest BCUT2D eigenvalue weighted by Gasteiger charge is -2.52. The predicted octanol–water partition coefficient (Wildman–Crippen LogP) is -0.722. The van der Waals surface area contributed by atoms with E-state index in [2.05, 4.69) is 10.3 Å². The lowest BCUT2D eigenvalue weighted by Crippen LogP contribution is -2.69. The summed E-state index contributed by atoms with van der Waals surface area (Å²) in [6, 6.07) is 0.674. The number of nitrogens with one attached hydrogen (secondary N) is 1. The molecule has 192 valence electrons. The second-order valence-corrected chi connectivity index (χ2v) is 9.73. The quantitative estimate of drug-likeness (QED) is 0.273. The molecule has 8 N–H and O–H groups in total. The number of anilines is 1. The van der Waals surface area contributed by atoms with Crippen LogP contribution in [0.5, 0.6) is 0 Å². The van der Waals surface area contributed by atoms with Gasteiger partial charge in [0.2, 0.25) is 0 Å². The van der Waals surface area contributed by atoms with Gasteiger partial charge >= 0.3 is 0 Å². The number of nitrogens with zero attached hydrogens (tertiary/aromatic N) is 2. The van der Waals surface area contributed by atoms with Gasteiger partial charge in [-0.05, 0) is 30.4 Å². The molecule has 3 aliphatic rings. The fraction of sp³-hybridized carbons (Fsp3) is 0.458. The largest absolute Gasteiger partial charge is 0.510 e. The molecule has 12 heteroatoms. The second kappa shape index (κ2) is 8.30. The van der Waals surface area contributed by atoms with Crippen molar-refractivity contribution in [2.45, 2.75) is 30.6 Å². The summed E-state index contributed by atoms with van der Waals surface area (Å²) in [6.07, 6.45) is -0.526. The number of hydrogen-bond donors (Lipinski definition) is 7. The smallest absolute Gasteiger partial charge is 0.250 e. The third kappa shape index (κ3) is 3.11. The molecule has 0 spiro atoms. The van der Waals surface area contributed by atoms with E-state index in [4.69, 9.17) is 10.2 Å². The van der Waals surface area contributed by atoms with E-state index in [1.54, 1.807) is 0 Å². The molecular formula is C24H28N4O8. The van der Waals surface area contributed by atoms with Crippen molar-refractivity contribution in [1.29, 1.82) is 0 Å². The Morgan fingerprint density at radius 2 is 2.08 bits per heavy atom. The lowest BCUT2D eigenvalue weighted by molar-refractivity contribution is -0.167. The third-order valence-electron chi connectivity index (χ3n) is 7.66. The zero-order chi connectivity index (χ0) is 26.1. The maximum absolute atomic E-state index is 13.9. The molecule has 1 aromatic heterocycles. The Balaban J connectivity index is 1.73. The van der Waals surface area contributed by atoms with Gasteiger partial charge < -0.3 is 45.9 Å². The van der Waals surface area contributed by atoms with Crippen molar-refractivity contribution in [3.63, 3.8) is 0 Å². The lowest BCUT2D eigenvalue weighted by atomic mass is 9.56. The van der Waals surface area contributed by atoms with Crippen molar-refractivity contribution in [3.05, 3.63) is 40.5 Å². The number of rotatable bonds is 5. The highest BCUT2D eigenvalue weighted by molar-refractivity contribution is 6.12. The number of carbonyl (C=O) groups excluding carboxylic acids is 2. The highest BCUT2D eigenvalue weighted by Crippen LogP contribution is 2.53. The number of amides is 1. The second-order valence-electron chi connectivity index (χ2n) is 9.73. The molecule has 0 saturated heterocycles. The Bertz CT molecular complexity index is 1350. The van der Waals surface area contributed by atoms with Crippen molar-refractivity contribution in [2.24, 2.45) is 17.6 Å². The monoisotopic (exact) mass is 500 g/mol. The van der Waals surface area contributed by atoms with Crippen LogP contribution in [0, 0.1) is 11.8 Å². The average Bonchev–Trinajstić information content (AvgIpc) is 3.29. The number of fused-ring (bicyclic) bond motifs is 5. The molecule has 1 amide bonds. The van der Waals surface area contributed by atoms with Gasteiger partial charge in [0.05, 0.1) is 23.8 Å². The number of ketones is 1. The van der Waals surface area contributed by atoms with Gasteiger partial charge in [-0.2, -0.15) is 0 Å². The highest BCUT2D eigenvalue weighted by Gasteiger charge is 2.64. The number of benzene rings is 1. The van der Waals surface area contributed by atoms with Crippen LogP contribution >= 0.6 is 0 Å². The summed E-state index contributed by atoms with van der Waals surface area (Å²) < 4.78 is 5.53. The molecule has 5 rings (SSSR count). The zero-order valence-electron chi connectivity index (χ0n) is 19.7. The number of primary amides is 1. The van der Waals surface area contributed by atoms with Crippen molar-refractivity contribution in [2.75, 3.05) is 32.1 Å². The molecule has 1 saturated carbocycles. The van der Waals surface area contributed by atoms with Crippen molar-refractivity contribution in [3.8, 4) is 0 Å². The van der Waals surface area contributed by atoms with Crippen LogP contribution in [0.4, 0.5) is 5.69 Å². The van der Waals surface area contributed by atoms with Crippen molar-refractivity contribution < 1.29 is 39.5 Å². The van der Waals surface area contributed by atoms with Crippen LogP contribution in [0.1, 0.15) is 17.5 Å². The molecule has 3 aliphatic carbocycles. The van der Waals surface area contributed by atoms with Gasteiger partial charge in [-0.1, -0.05) is 0 Å². The zero-order valence-corrected chi connectivity index (χ0v) is 19.7.